The number of rotatable bonds is 6. The molecule has 1 amide bonds. The van der Waals surface area contributed by atoms with Crippen molar-refractivity contribution in [3.63, 3.8) is 0 Å². The Labute approximate surface area is 188 Å². The van der Waals surface area contributed by atoms with E-state index in [1.807, 2.05) is 26.0 Å². The van der Waals surface area contributed by atoms with E-state index in [1.54, 1.807) is 13.2 Å². The fraction of sp³-hybridized carbons (Fsp3) is 0.250. The Bertz CT molecular complexity index is 1190. The summed E-state index contributed by atoms with van der Waals surface area (Å²) in [5, 5.41) is 12.7. The first-order valence-electron chi connectivity index (χ1n) is 10.1. The van der Waals surface area contributed by atoms with E-state index < -0.39 is 11.8 Å². The highest BCUT2D eigenvalue weighted by molar-refractivity contribution is 7.15. The molecule has 32 heavy (non-hydrogen) atoms. The number of hydrogen-bond acceptors (Lipinski definition) is 5. The quantitative estimate of drug-likeness (QED) is 0.511. The van der Waals surface area contributed by atoms with Crippen molar-refractivity contribution in [2.45, 2.75) is 32.3 Å². The van der Waals surface area contributed by atoms with Gasteiger partial charge in [-0.2, -0.15) is 0 Å². The largest absolute Gasteiger partial charge is 0.493 e. The molecule has 0 unspecified atom stereocenters. The second kappa shape index (κ2) is 8.63. The summed E-state index contributed by atoms with van der Waals surface area (Å²) in [6.07, 6.45) is 0.138. The Balaban J connectivity index is 1.85. The van der Waals surface area contributed by atoms with E-state index in [0.29, 0.717) is 28.3 Å². The number of halogens is 1. The average molecular weight is 456 g/mol. The predicted molar refractivity (Wildman–Crippen MR) is 121 cm³/mol. The summed E-state index contributed by atoms with van der Waals surface area (Å²) in [5.41, 5.74) is 2.20. The maximum absolute atomic E-state index is 13.4. The van der Waals surface area contributed by atoms with Gasteiger partial charge in [-0.15, -0.1) is 11.3 Å². The van der Waals surface area contributed by atoms with Crippen LogP contribution in [0.25, 0.3) is 11.1 Å². The molecule has 0 aliphatic carbocycles. The molecule has 1 atom stereocenters. The Kier molecular flexibility index (Phi) is 5.88. The number of carbonyl (C=O) groups excluding carboxylic acids is 1. The number of fused-ring (bicyclic) bond motifs is 1. The van der Waals surface area contributed by atoms with Crippen molar-refractivity contribution in [3.8, 4) is 22.6 Å². The third-order valence-corrected chi connectivity index (χ3v) is 6.48. The Hall–Kier alpha value is -3.39. The molecule has 1 aliphatic rings. The van der Waals surface area contributed by atoms with Crippen LogP contribution in [0, 0.1) is 5.82 Å². The smallest absolute Gasteiger partial charge is 0.346 e. The van der Waals surface area contributed by atoms with E-state index in [9.17, 15) is 19.1 Å². The summed E-state index contributed by atoms with van der Waals surface area (Å²) in [4.78, 5) is 25.5. The highest BCUT2D eigenvalue weighted by Gasteiger charge is 2.34. The summed E-state index contributed by atoms with van der Waals surface area (Å²) in [6, 6.07) is 11.1. The van der Waals surface area contributed by atoms with Crippen molar-refractivity contribution >= 4 is 28.9 Å². The van der Waals surface area contributed by atoms with Crippen LogP contribution in [0.15, 0.2) is 42.5 Å². The van der Waals surface area contributed by atoms with Crippen molar-refractivity contribution in [1.29, 1.82) is 0 Å². The molecule has 0 bridgehead atoms. The molecule has 0 saturated heterocycles. The van der Waals surface area contributed by atoms with E-state index in [4.69, 9.17) is 9.47 Å². The molecule has 2 N–H and O–H groups in total. The Morgan fingerprint density at radius 2 is 1.91 bits per heavy atom. The lowest BCUT2D eigenvalue weighted by Crippen LogP contribution is -2.22. The molecular weight excluding hydrogens is 433 g/mol. The maximum Gasteiger partial charge on any atom is 0.346 e. The van der Waals surface area contributed by atoms with Gasteiger partial charge >= 0.3 is 5.97 Å². The lowest BCUT2D eigenvalue weighted by molar-refractivity contribution is -0.116. The van der Waals surface area contributed by atoms with Crippen LogP contribution >= 0.6 is 11.3 Å². The number of hydrogen-bond donors (Lipinski definition) is 2. The minimum Gasteiger partial charge on any atom is -0.493 e. The zero-order valence-corrected chi connectivity index (χ0v) is 18.6. The van der Waals surface area contributed by atoms with Crippen molar-refractivity contribution in [3.05, 3.63) is 63.6 Å². The molecule has 3 aromatic rings. The second-order valence-corrected chi connectivity index (χ2v) is 8.79. The van der Waals surface area contributed by atoms with Crippen LogP contribution < -0.4 is 14.8 Å². The topological polar surface area (TPSA) is 84.9 Å². The maximum atomic E-state index is 13.4. The Morgan fingerprint density at radius 3 is 2.53 bits per heavy atom. The van der Waals surface area contributed by atoms with Gasteiger partial charge in [0, 0.05) is 22.8 Å². The normalized spacial score (nSPS) is 15.3. The first-order valence-corrected chi connectivity index (χ1v) is 10.9. The van der Waals surface area contributed by atoms with Crippen LogP contribution in [0.3, 0.4) is 0 Å². The number of anilines is 1. The summed E-state index contributed by atoms with van der Waals surface area (Å²) < 4.78 is 24.7. The highest BCUT2D eigenvalue weighted by Crippen LogP contribution is 2.50. The van der Waals surface area contributed by atoms with E-state index in [-0.39, 0.29) is 29.2 Å². The number of ether oxygens (including phenoxy) is 2. The second-order valence-electron chi connectivity index (χ2n) is 7.74. The zero-order chi connectivity index (χ0) is 23.0. The molecule has 0 fully saturated rings. The molecular formula is C24H22FNO5S. The van der Waals surface area contributed by atoms with Crippen LogP contribution in [0.1, 0.15) is 46.3 Å². The molecule has 4 rings (SSSR count). The number of carboxylic acid groups (broad SMARTS) is 1. The van der Waals surface area contributed by atoms with Gasteiger partial charge in [0.05, 0.1) is 18.9 Å². The third kappa shape index (κ3) is 4.05. The van der Waals surface area contributed by atoms with Crippen LogP contribution in [0.5, 0.6) is 11.5 Å². The van der Waals surface area contributed by atoms with E-state index in [0.717, 1.165) is 21.8 Å². The van der Waals surface area contributed by atoms with Gasteiger partial charge in [0.25, 0.3) is 0 Å². The molecule has 8 heteroatoms. The average Bonchev–Trinajstić information content (AvgIpc) is 3.13. The van der Waals surface area contributed by atoms with Gasteiger partial charge in [0.1, 0.15) is 10.7 Å². The van der Waals surface area contributed by atoms with E-state index in [2.05, 4.69) is 5.32 Å². The molecule has 6 nitrogen and oxygen atoms in total. The number of aromatic carboxylic acids is 1. The number of amides is 1. The lowest BCUT2D eigenvalue weighted by atomic mass is 9.88. The number of methoxy groups -OCH3 is 1. The van der Waals surface area contributed by atoms with Crippen molar-refractivity contribution in [1.82, 2.24) is 0 Å². The predicted octanol–water partition coefficient (Wildman–Crippen LogP) is 5.52. The van der Waals surface area contributed by atoms with Crippen molar-refractivity contribution in [2.75, 3.05) is 12.4 Å². The van der Waals surface area contributed by atoms with Gasteiger partial charge in [-0.25, -0.2) is 9.18 Å². The summed E-state index contributed by atoms with van der Waals surface area (Å²) in [7, 11) is 1.55. The number of thiophene rings is 1. The lowest BCUT2D eigenvalue weighted by Gasteiger charge is -2.25. The van der Waals surface area contributed by atoms with Crippen LogP contribution in [-0.4, -0.2) is 30.2 Å². The van der Waals surface area contributed by atoms with Crippen molar-refractivity contribution < 1.29 is 28.6 Å². The molecule has 0 radical (unpaired) electrons. The van der Waals surface area contributed by atoms with Gasteiger partial charge in [-0.05, 0) is 49.2 Å². The first-order chi connectivity index (χ1) is 15.3. The van der Waals surface area contributed by atoms with Crippen LogP contribution in [-0.2, 0) is 4.79 Å². The summed E-state index contributed by atoms with van der Waals surface area (Å²) >= 11 is 1.12. The molecule has 2 heterocycles. The number of nitrogens with one attached hydrogen (secondary N) is 1. The zero-order valence-electron chi connectivity index (χ0n) is 17.8. The SMILES string of the molecule is COc1cc([C@@H]2CC(=O)Nc3c2sc(C(=O)O)c3-c2ccc(F)cc2)ccc1OC(C)C. The van der Waals surface area contributed by atoms with Crippen molar-refractivity contribution in [2.24, 2.45) is 0 Å². The number of benzene rings is 2. The van der Waals surface area contributed by atoms with Crippen LogP contribution in [0.4, 0.5) is 10.1 Å². The van der Waals surface area contributed by atoms with Gasteiger partial charge in [-0.1, -0.05) is 18.2 Å². The number of carbonyl (C=O) groups is 2. The highest BCUT2D eigenvalue weighted by atomic mass is 32.1. The minimum atomic E-state index is -1.10. The third-order valence-electron chi connectivity index (χ3n) is 5.19. The molecule has 2 aromatic carbocycles. The molecule has 166 valence electrons. The fourth-order valence-electron chi connectivity index (χ4n) is 3.85. The molecule has 0 spiro atoms. The first kappa shape index (κ1) is 21.8. The summed E-state index contributed by atoms with van der Waals surface area (Å²) in [5.74, 6) is -0.962. The van der Waals surface area contributed by atoms with Crippen LogP contribution in [0.2, 0.25) is 0 Å². The fourth-order valence-corrected chi connectivity index (χ4v) is 5.10. The van der Waals surface area contributed by atoms with Gasteiger partial charge < -0.3 is 19.9 Å². The Morgan fingerprint density at radius 1 is 1.19 bits per heavy atom. The number of carboxylic acids is 1. The van der Waals surface area contributed by atoms with E-state index >= 15 is 0 Å². The monoisotopic (exact) mass is 455 g/mol. The van der Waals surface area contributed by atoms with E-state index in [1.165, 1.54) is 24.3 Å². The standard InChI is InChI=1S/C24H22FNO5S/c1-12(2)31-17-9-6-14(10-18(17)30-3)16-11-19(27)26-21-20(13-4-7-15(25)8-5-13)23(24(28)29)32-22(16)21/h4-10,12,16H,11H2,1-3H3,(H,26,27)(H,28,29)/t16-/m0/s1. The van der Waals surface area contributed by atoms with Gasteiger partial charge in [-0.3, -0.25) is 4.79 Å². The summed E-state index contributed by atoms with van der Waals surface area (Å²) in [6.45, 7) is 3.84. The molecule has 1 aliphatic heterocycles. The van der Waals surface area contributed by atoms with Gasteiger partial charge in [0.2, 0.25) is 5.91 Å². The molecule has 1 aromatic heterocycles. The minimum absolute atomic E-state index is 0.0319. The van der Waals surface area contributed by atoms with Gasteiger partial charge in [0.15, 0.2) is 11.5 Å². The molecule has 0 saturated carbocycles.